The fourth-order valence-electron chi connectivity index (χ4n) is 1.18. The molecule has 0 spiro atoms. The molecular formula is C11H17NO2S. The monoisotopic (exact) mass is 227 g/mol. The first kappa shape index (κ1) is 12.2. The minimum absolute atomic E-state index is 0.344. The van der Waals surface area contributed by atoms with E-state index < -0.39 is 16.9 Å². The molecule has 2 N–H and O–H groups in total. The molecule has 0 saturated heterocycles. The molecule has 0 heterocycles. The normalized spacial score (nSPS) is 14.5. The highest BCUT2D eigenvalue weighted by atomic mass is 32.2. The molecule has 1 aromatic carbocycles. The van der Waals surface area contributed by atoms with Crippen LogP contribution < -0.4 is 5.32 Å². The molecule has 0 aliphatic rings. The Balaban J connectivity index is 2.28. The first-order chi connectivity index (χ1) is 7.22. The molecule has 0 radical (unpaired) electrons. The predicted octanol–water partition coefficient (Wildman–Crippen LogP) is 1.23. The van der Waals surface area contributed by atoms with E-state index in [-0.39, 0.29) is 0 Å². The van der Waals surface area contributed by atoms with E-state index in [0.29, 0.717) is 18.1 Å². The average Bonchev–Trinajstić information content (AvgIpc) is 2.27. The number of hydrogen-bond donors (Lipinski definition) is 2. The van der Waals surface area contributed by atoms with Crippen LogP contribution in [0.5, 0.6) is 0 Å². The van der Waals surface area contributed by atoms with Crippen molar-refractivity contribution in [2.75, 3.05) is 23.4 Å². The van der Waals surface area contributed by atoms with Crippen molar-refractivity contribution >= 4 is 16.5 Å². The molecule has 0 bridgehead atoms. The molecule has 1 rings (SSSR count). The van der Waals surface area contributed by atoms with E-state index in [0.717, 1.165) is 5.69 Å². The van der Waals surface area contributed by atoms with Gasteiger partial charge in [-0.1, -0.05) is 25.1 Å². The van der Waals surface area contributed by atoms with Crippen LogP contribution in [0, 0.1) is 0 Å². The molecule has 0 aliphatic carbocycles. The van der Waals surface area contributed by atoms with Gasteiger partial charge in [0, 0.05) is 28.8 Å². The van der Waals surface area contributed by atoms with Crippen molar-refractivity contribution in [3.63, 3.8) is 0 Å². The van der Waals surface area contributed by atoms with Crippen LogP contribution in [0.3, 0.4) is 0 Å². The van der Waals surface area contributed by atoms with E-state index in [1.54, 1.807) is 0 Å². The minimum Gasteiger partial charge on any atom is -0.390 e. The minimum atomic E-state index is -0.905. The Hall–Kier alpha value is -0.870. The fourth-order valence-corrected chi connectivity index (χ4v) is 1.97. The summed E-state index contributed by atoms with van der Waals surface area (Å²) in [6.07, 6.45) is -0.550. The van der Waals surface area contributed by atoms with Crippen molar-refractivity contribution in [2.45, 2.75) is 13.0 Å². The van der Waals surface area contributed by atoms with Gasteiger partial charge < -0.3 is 10.4 Å². The number of hydrogen-bond acceptors (Lipinski definition) is 3. The number of benzene rings is 1. The van der Waals surface area contributed by atoms with E-state index in [2.05, 4.69) is 5.32 Å². The summed E-state index contributed by atoms with van der Waals surface area (Å²) < 4.78 is 11.2. The Morgan fingerprint density at radius 1 is 1.40 bits per heavy atom. The first-order valence-electron chi connectivity index (χ1n) is 5.04. The van der Waals surface area contributed by atoms with Gasteiger partial charge in [-0.25, -0.2) is 0 Å². The maximum absolute atomic E-state index is 11.2. The zero-order chi connectivity index (χ0) is 11.1. The van der Waals surface area contributed by atoms with Crippen molar-refractivity contribution in [1.29, 1.82) is 0 Å². The third kappa shape index (κ3) is 4.95. The van der Waals surface area contributed by atoms with E-state index in [4.69, 9.17) is 0 Å². The maximum atomic E-state index is 11.2. The standard InChI is InChI=1S/C11H17NO2S/c1-2-15(14)9-11(13)8-12-10-6-4-3-5-7-10/h3-7,11-13H,2,8-9H2,1H3. The summed E-state index contributed by atoms with van der Waals surface area (Å²) in [4.78, 5) is 0. The summed E-state index contributed by atoms with van der Waals surface area (Å²) >= 11 is 0. The summed E-state index contributed by atoms with van der Waals surface area (Å²) in [5.74, 6) is 0.943. The van der Waals surface area contributed by atoms with Crippen LogP contribution in [-0.2, 0) is 10.8 Å². The van der Waals surface area contributed by atoms with Gasteiger partial charge in [0.25, 0.3) is 0 Å². The largest absolute Gasteiger partial charge is 0.390 e. The van der Waals surface area contributed by atoms with Gasteiger partial charge in [-0.2, -0.15) is 0 Å². The molecule has 0 saturated carbocycles. The molecule has 4 heteroatoms. The molecule has 3 nitrogen and oxygen atoms in total. The zero-order valence-corrected chi connectivity index (χ0v) is 9.67. The van der Waals surface area contributed by atoms with Crippen LogP contribution in [0.15, 0.2) is 30.3 Å². The Morgan fingerprint density at radius 2 is 2.07 bits per heavy atom. The van der Waals surface area contributed by atoms with Crippen molar-refractivity contribution in [2.24, 2.45) is 0 Å². The van der Waals surface area contributed by atoms with Crippen LogP contribution in [-0.4, -0.2) is 33.5 Å². The van der Waals surface area contributed by atoms with Gasteiger partial charge in [-0.05, 0) is 12.1 Å². The number of anilines is 1. The van der Waals surface area contributed by atoms with E-state index in [1.165, 1.54) is 0 Å². The lowest BCUT2D eigenvalue weighted by Crippen LogP contribution is -2.26. The maximum Gasteiger partial charge on any atom is 0.0827 e. The van der Waals surface area contributed by atoms with E-state index in [1.807, 2.05) is 37.3 Å². The van der Waals surface area contributed by atoms with Crippen LogP contribution in [0.2, 0.25) is 0 Å². The number of aliphatic hydroxyl groups excluding tert-OH is 1. The Bertz CT molecular complexity index is 303. The summed E-state index contributed by atoms with van der Waals surface area (Å²) in [6, 6.07) is 9.67. The van der Waals surface area contributed by atoms with Crippen molar-refractivity contribution in [1.82, 2.24) is 0 Å². The number of para-hydroxylation sites is 1. The molecule has 2 atom stereocenters. The number of rotatable bonds is 6. The van der Waals surface area contributed by atoms with Gasteiger partial charge >= 0.3 is 0 Å². The zero-order valence-electron chi connectivity index (χ0n) is 8.85. The van der Waals surface area contributed by atoms with Crippen LogP contribution in [0.25, 0.3) is 0 Å². The smallest absolute Gasteiger partial charge is 0.0827 e. The highest BCUT2D eigenvalue weighted by Crippen LogP contribution is 2.04. The summed E-state index contributed by atoms with van der Waals surface area (Å²) in [7, 11) is -0.905. The van der Waals surface area contributed by atoms with Gasteiger partial charge in [-0.15, -0.1) is 0 Å². The lowest BCUT2D eigenvalue weighted by Gasteiger charge is -2.11. The molecule has 0 fully saturated rings. The third-order valence-electron chi connectivity index (χ3n) is 2.02. The molecule has 0 aromatic heterocycles. The Labute approximate surface area is 93.0 Å². The lowest BCUT2D eigenvalue weighted by molar-refractivity contribution is 0.212. The predicted molar refractivity (Wildman–Crippen MR) is 64.5 cm³/mol. The molecule has 15 heavy (non-hydrogen) atoms. The summed E-state index contributed by atoms with van der Waals surface area (Å²) in [5.41, 5.74) is 0.971. The van der Waals surface area contributed by atoms with Gasteiger partial charge in [0.2, 0.25) is 0 Å². The van der Waals surface area contributed by atoms with Crippen LogP contribution >= 0.6 is 0 Å². The van der Waals surface area contributed by atoms with Gasteiger partial charge in [0.15, 0.2) is 0 Å². The second kappa shape index (κ2) is 6.58. The van der Waals surface area contributed by atoms with Gasteiger partial charge in [0.1, 0.15) is 0 Å². The highest BCUT2D eigenvalue weighted by molar-refractivity contribution is 7.84. The number of nitrogens with one attached hydrogen (secondary N) is 1. The first-order valence-corrected chi connectivity index (χ1v) is 6.53. The molecule has 0 amide bonds. The molecular weight excluding hydrogens is 210 g/mol. The summed E-state index contributed by atoms with van der Waals surface area (Å²) in [5, 5.41) is 12.6. The topological polar surface area (TPSA) is 49.3 Å². The van der Waals surface area contributed by atoms with Crippen molar-refractivity contribution in [3.8, 4) is 0 Å². The third-order valence-corrected chi connectivity index (χ3v) is 3.42. The average molecular weight is 227 g/mol. The summed E-state index contributed by atoms with van der Waals surface area (Å²) in [6.45, 7) is 2.29. The van der Waals surface area contributed by atoms with Gasteiger partial charge in [0.05, 0.1) is 11.9 Å². The Kier molecular flexibility index (Phi) is 5.36. The molecule has 84 valence electrons. The second-order valence-corrected chi connectivity index (χ2v) is 5.09. The second-order valence-electron chi connectivity index (χ2n) is 3.30. The van der Waals surface area contributed by atoms with Gasteiger partial charge in [-0.3, -0.25) is 4.21 Å². The lowest BCUT2D eigenvalue weighted by atomic mass is 10.3. The van der Waals surface area contributed by atoms with Crippen molar-refractivity contribution < 1.29 is 9.32 Å². The molecule has 2 unspecified atom stereocenters. The molecule has 1 aromatic rings. The number of aliphatic hydroxyl groups is 1. The molecule has 0 aliphatic heterocycles. The van der Waals surface area contributed by atoms with E-state index in [9.17, 15) is 9.32 Å². The highest BCUT2D eigenvalue weighted by Gasteiger charge is 2.07. The van der Waals surface area contributed by atoms with E-state index >= 15 is 0 Å². The Morgan fingerprint density at radius 3 is 2.67 bits per heavy atom. The quantitative estimate of drug-likeness (QED) is 0.768. The SMILES string of the molecule is CCS(=O)CC(O)CNc1ccccc1. The van der Waals surface area contributed by atoms with Crippen molar-refractivity contribution in [3.05, 3.63) is 30.3 Å². The fraction of sp³-hybridized carbons (Fsp3) is 0.455. The van der Waals surface area contributed by atoms with Crippen LogP contribution in [0.1, 0.15) is 6.92 Å². The van der Waals surface area contributed by atoms with Crippen LogP contribution in [0.4, 0.5) is 5.69 Å².